The predicted octanol–water partition coefficient (Wildman–Crippen LogP) is 3.67. The van der Waals surface area contributed by atoms with Crippen molar-refractivity contribution in [3.63, 3.8) is 0 Å². The largest absolute Gasteiger partial charge is 0.508 e. The summed E-state index contributed by atoms with van der Waals surface area (Å²) >= 11 is 0. The maximum atomic E-state index is 14.6. The van der Waals surface area contributed by atoms with Crippen molar-refractivity contribution in [2.24, 2.45) is 23.5 Å². The number of phenolic OH excluding ortho intramolecular Hbond substituents is 1. The molecule has 2 aromatic carbocycles. The number of aromatic hydroxyl groups is 1. The summed E-state index contributed by atoms with van der Waals surface area (Å²) in [5.41, 5.74) is 7.34. The Kier molecular flexibility index (Phi) is 28.6. The molecule has 21 heteroatoms. The molecule has 0 aromatic heterocycles. The molecule has 0 aliphatic carbocycles. The van der Waals surface area contributed by atoms with Crippen LogP contribution >= 0.6 is 0 Å². The van der Waals surface area contributed by atoms with Crippen molar-refractivity contribution in [2.45, 2.75) is 167 Å². The van der Waals surface area contributed by atoms with Crippen LogP contribution < -0.4 is 27.0 Å². The Bertz CT molecular complexity index is 2320. The molecule has 9 atom stereocenters. The zero-order valence-corrected chi connectivity index (χ0v) is 48.2. The molecule has 0 spiro atoms. The van der Waals surface area contributed by atoms with Crippen LogP contribution in [0.4, 0.5) is 0 Å². The van der Waals surface area contributed by atoms with Gasteiger partial charge in [-0.05, 0) is 86.0 Å². The molecule has 3 rings (SSSR count). The van der Waals surface area contributed by atoms with E-state index in [1.165, 1.54) is 42.2 Å². The number of primary amides is 1. The number of likely N-dealkylation sites (N-methyl/N-ethyl adjacent to an activating group) is 2. The Morgan fingerprint density at radius 1 is 0.782 bits per heavy atom. The highest BCUT2D eigenvalue weighted by Crippen LogP contribution is 2.24. The van der Waals surface area contributed by atoms with E-state index in [1.807, 2.05) is 44.2 Å². The molecule has 1 aliphatic rings. The average Bonchev–Trinajstić information content (AvgIpc) is 3.91. The van der Waals surface area contributed by atoms with Crippen LogP contribution in [-0.4, -0.2) is 160 Å². The summed E-state index contributed by atoms with van der Waals surface area (Å²) in [5, 5.41) is 20.7. The summed E-state index contributed by atoms with van der Waals surface area (Å²) in [6, 6.07) is 9.11. The number of benzene rings is 2. The van der Waals surface area contributed by atoms with Crippen LogP contribution in [0.2, 0.25) is 0 Å². The summed E-state index contributed by atoms with van der Waals surface area (Å²) in [5.74, 6) is -5.76. The highest BCUT2D eigenvalue weighted by atomic mass is 32.2. The normalized spacial score (nSPS) is 16.3. The number of unbranched alkanes of at least 4 members (excludes halogenated alkanes) is 2. The summed E-state index contributed by atoms with van der Waals surface area (Å²) in [6.07, 6.45) is 7.49. The maximum absolute atomic E-state index is 14.6. The number of ether oxygens (including phenoxy) is 1. The summed E-state index contributed by atoms with van der Waals surface area (Å²) in [6.45, 7) is 9.75. The number of nitrogens with zero attached hydrogens (tertiary/aromatic N) is 3. The summed E-state index contributed by atoms with van der Waals surface area (Å²) in [7, 11) is 2.81. The Labute approximate surface area is 463 Å². The van der Waals surface area contributed by atoms with Gasteiger partial charge in [-0.25, -0.2) is 4.79 Å². The number of carbonyl (C=O) groups is 9. The van der Waals surface area contributed by atoms with E-state index in [2.05, 4.69) is 21.3 Å². The Morgan fingerprint density at radius 3 is 2.08 bits per heavy atom. The van der Waals surface area contributed by atoms with Crippen molar-refractivity contribution in [2.75, 3.05) is 46.3 Å². The molecule has 1 heterocycles. The van der Waals surface area contributed by atoms with Gasteiger partial charge in [0.05, 0.1) is 7.11 Å². The van der Waals surface area contributed by atoms with E-state index in [-0.39, 0.29) is 67.9 Å². The number of carbonyl (C=O) groups excluding carboxylic acids is 9. The van der Waals surface area contributed by atoms with Crippen molar-refractivity contribution in [3.8, 4) is 5.75 Å². The first-order chi connectivity index (χ1) is 37.0. The van der Waals surface area contributed by atoms with Crippen molar-refractivity contribution >= 4 is 64.0 Å². The van der Waals surface area contributed by atoms with E-state index < -0.39 is 100 Å². The molecule has 1 aliphatic heterocycles. The first-order valence-electron chi connectivity index (χ1n) is 27.5. The molecule has 2 aromatic rings. The number of nitrogens with two attached hydrogens (primary N) is 1. The van der Waals surface area contributed by atoms with Gasteiger partial charge in [-0.2, -0.15) is 0 Å². The number of likely N-dealkylation sites (tertiary alicyclic amines) is 1. The molecular weight excluding hydrogens is 1020 g/mol. The minimum atomic E-state index is -1.42. The Balaban J connectivity index is 1.71. The van der Waals surface area contributed by atoms with Gasteiger partial charge in [0.25, 0.3) is 0 Å². The topological polar surface area (TPSA) is 284 Å². The number of nitrogens with one attached hydrogen (secondary N) is 4. The number of aryl methyl sites for hydroxylation is 1. The van der Waals surface area contributed by atoms with Gasteiger partial charge in [0.15, 0.2) is 0 Å². The first kappa shape index (κ1) is 65.9. The molecule has 1 saturated heterocycles. The maximum Gasteiger partial charge on any atom is 0.328 e. The lowest BCUT2D eigenvalue weighted by atomic mass is 9.95. The molecule has 0 bridgehead atoms. The minimum absolute atomic E-state index is 0.0187. The van der Waals surface area contributed by atoms with Crippen molar-refractivity contribution in [3.05, 3.63) is 65.7 Å². The van der Waals surface area contributed by atoms with E-state index in [4.69, 9.17) is 10.5 Å². The molecule has 8 amide bonds. The fourth-order valence-electron chi connectivity index (χ4n) is 9.64. The van der Waals surface area contributed by atoms with Gasteiger partial charge in [0.1, 0.15) is 42.0 Å². The van der Waals surface area contributed by atoms with Gasteiger partial charge in [0.2, 0.25) is 47.3 Å². The standard InChI is InChI=1S/C57H88N8O12S/c1-10-39(5)51(64(7)54(72)44(31-34-78(9)76)60-49(69)35-38(4)19-13-12-16-32-59-48(68)24-17-22-40-25-27-42(66)28-26-40)53(71)61-43(29-30-47(58)67)52(70)62-50(37(2)3)56(74)63(6)46(36-41-20-14-11-15-21-41)55(73)65-33-18-23-45(65)57(75)77-8/h11,14-15,20-21,25-28,37-39,43-46,50-51,66H,10,12-13,16-19,22-24,29-36H2,1-9H3,(H2,58,67)(H,59,68)(H,60,69)(H,61,71)(H,62,70)/t38-,39-,43-,44-,45-,46+,50-,51+,78?/m0/s1. The Hall–Kier alpha value is -6.38. The number of rotatable bonds is 34. The summed E-state index contributed by atoms with van der Waals surface area (Å²) < 4.78 is 17.3. The van der Waals surface area contributed by atoms with Crippen LogP contribution in [0.15, 0.2) is 54.6 Å². The van der Waals surface area contributed by atoms with E-state index in [9.17, 15) is 52.5 Å². The lowest BCUT2D eigenvalue weighted by Gasteiger charge is -2.36. The SMILES string of the molecule is CC[C@H](C)[C@H](C(=O)N[C@@H](CCC(N)=O)C(=O)N[C@H](C(=O)N(C)[C@H](Cc1ccccc1)C(=O)N1CCC[C@H]1C(=O)OC)C(C)C)N(C)C(=O)[C@H](CCS(C)=O)NC(=O)C[C@@H](C)CCCCCNC(=O)CCCc1ccc(O)cc1. The van der Waals surface area contributed by atoms with Crippen molar-refractivity contribution < 1.29 is 57.2 Å². The van der Waals surface area contributed by atoms with Crippen molar-refractivity contribution in [1.82, 2.24) is 36.0 Å². The molecule has 0 radical (unpaired) electrons. The second kappa shape index (κ2) is 33.8. The number of hydrogen-bond donors (Lipinski definition) is 6. The van der Waals surface area contributed by atoms with Gasteiger partial charge in [-0.3, -0.25) is 42.6 Å². The quantitative estimate of drug-likeness (QED) is 0.0433. The number of phenols is 1. The van der Waals surface area contributed by atoms with Gasteiger partial charge < -0.3 is 51.5 Å². The van der Waals surface area contributed by atoms with Crippen molar-refractivity contribution in [1.29, 1.82) is 0 Å². The molecule has 0 saturated carbocycles. The third-order valence-electron chi connectivity index (χ3n) is 14.5. The predicted molar refractivity (Wildman–Crippen MR) is 298 cm³/mol. The molecule has 1 unspecified atom stereocenters. The van der Waals surface area contributed by atoms with Crippen LogP contribution in [0.3, 0.4) is 0 Å². The third-order valence-corrected chi connectivity index (χ3v) is 15.3. The Morgan fingerprint density at radius 2 is 1.46 bits per heavy atom. The van der Waals surface area contributed by atoms with Crippen LogP contribution in [0, 0.1) is 17.8 Å². The van der Waals surface area contributed by atoms with E-state index >= 15 is 0 Å². The third kappa shape index (κ3) is 21.8. The van der Waals surface area contributed by atoms with E-state index in [0.29, 0.717) is 38.6 Å². The molecule has 20 nitrogen and oxygen atoms in total. The van der Waals surface area contributed by atoms with E-state index in [0.717, 1.165) is 43.2 Å². The molecule has 434 valence electrons. The first-order valence-corrected chi connectivity index (χ1v) is 29.2. The van der Waals surface area contributed by atoms with Gasteiger partial charge in [-0.15, -0.1) is 0 Å². The van der Waals surface area contributed by atoms with Gasteiger partial charge in [0, 0.05) is 75.7 Å². The summed E-state index contributed by atoms with van der Waals surface area (Å²) in [4.78, 5) is 127. The van der Waals surface area contributed by atoms with Gasteiger partial charge >= 0.3 is 5.97 Å². The van der Waals surface area contributed by atoms with Crippen LogP contribution in [-0.2, 0) is 71.5 Å². The minimum Gasteiger partial charge on any atom is -0.508 e. The molecule has 1 fully saturated rings. The highest BCUT2D eigenvalue weighted by Gasteiger charge is 2.43. The lowest BCUT2D eigenvalue weighted by Crippen LogP contribution is -2.61. The molecule has 78 heavy (non-hydrogen) atoms. The smallest absolute Gasteiger partial charge is 0.328 e. The lowest BCUT2D eigenvalue weighted by molar-refractivity contribution is -0.154. The monoisotopic (exact) mass is 1110 g/mol. The second-order valence-electron chi connectivity index (χ2n) is 21.2. The van der Waals surface area contributed by atoms with E-state index in [1.54, 1.807) is 45.0 Å². The molecule has 7 N–H and O–H groups in total. The average molecular weight is 1110 g/mol. The van der Waals surface area contributed by atoms with Crippen LogP contribution in [0.25, 0.3) is 0 Å². The zero-order chi connectivity index (χ0) is 58.1. The highest BCUT2D eigenvalue weighted by molar-refractivity contribution is 7.84. The zero-order valence-electron chi connectivity index (χ0n) is 47.4. The fourth-order valence-corrected chi connectivity index (χ4v) is 10.2. The number of methoxy groups -OCH3 is 1. The number of hydrogen-bond acceptors (Lipinski definition) is 12. The van der Waals surface area contributed by atoms with Crippen LogP contribution in [0.5, 0.6) is 5.75 Å². The van der Waals surface area contributed by atoms with Gasteiger partial charge in [-0.1, -0.05) is 103 Å². The van der Waals surface area contributed by atoms with Crippen LogP contribution in [0.1, 0.15) is 129 Å². The second-order valence-corrected chi connectivity index (χ2v) is 22.7. The number of esters is 1. The number of amides is 8. The molecular formula is C57H88N8O12S. The fraction of sp³-hybridized carbons (Fsp3) is 0.632.